The van der Waals surface area contributed by atoms with Crippen LogP contribution in [0.5, 0.6) is 0 Å². The molecule has 1 N–H and O–H groups in total. The van der Waals surface area contributed by atoms with Gasteiger partial charge in [0.25, 0.3) is 11.1 Å². The summed E-state index contributed by atoms with van der Waals surface area (Å²) >= 11 is 0.981. The highest BCUT2D eigenvalue weighted by atomic mass is 32.2. The van der Waals surface area contributed by atoms with Gasteiger partial charge < -0.3 is 4.74 Å². The molecule has 1 rings (SSSR count). The zero-order valence-corrected chi connectivity index (χ0v) is 11.8. The van der Waals surface area contributed by atoms with E-state index in [0.717, 1.165) is 29.5 Å². The number of hydrogen-bond donors (Lipinski definition) is 1. The number of imide groups is 1. The fourth-order valence-corrected chi connectivity index (χ4v) is 1.90. The Labute approximate surface area is 121 Å². The molecule has 6 heteroatoms. The van der Waals surface area contributed by atoms with Crippen molar-refractivity contribution in [1.82, 2.24) is 5.32 Å². The maximum atomic E-state index is 11.5. The van der Waals surface area contributed by atoms with Crippen LogP contribution in [0.3, 0.4) is 0 Å². The monoisotopic (exact) mass is 293 g/mol. The van der Waals surface area contributed by atoms with E-state index in [4.69, 9.17) is 0 Å². The van der Waals surface area contributed by atoms with Gasteiger partial charge in [0, 0.05) is 17.9 Å². The summed E-state index contributed by atoms with van der Waals surface area (Å²) < 4.78 is 4.61. The summed E-state index contributed by atoms with van der Waals surface area (Å²) in [4.78, 5) is 33.8. The first-order valence-corrected chi connectivity index (χ1v) is 6.97. The van der Waals surface area contributed by atoms with Gasteiger partial charge in [-0.15, -0.1) is 0 Å². The quantitative estimate of drug-likeness (QED) is 0.666. The number of hydrogen-bond acceptors (Lipinski definition) is 5. The molecule has 20 heavy (non-hydrogen) atoms. The molecular weight excluding hydrogens is 278 g/mol. The second-order valence-electron chi connectivity index (χ2n) is 3.64. The molecule has 0 fully saturated rings. The van der Waals surface area contributed by atoms with Crippen LogP contribution < -0.4 is 5.32 Å². The summed E-state index contributed by atoms with van der Waals surface area (Å²) in [5.74, 6) is -0.794. The van der Waals surface area contributed by atoms with E-state index in [1.807, 2.05) is 30.3 Å². The van der Waals surface area contributed by atoms with Gasteiger partial charge in [0.1, 0.15) is 0 Å². The van der Waals surface area contributed by atoms with Crippen LogP contribution in [0.4, 0.5) is 4.79 Å². The lowest BCUT2D eigenvalue weighted by Crippen LogP contribution is -2.25. The summed E-state index contributed by atoms with van der Waals surface area (Å²) in [6, 6.07) is 9.42. The maximum Gasteiger partial charge on any atom is 0.330 e. The Hall–Kier alpha value is -2.08. The van der Waals surface area contributed by atoms with Crippen LogP contribution in [-0.4, -0.2) is 23.7 Å². The first-order valence-electron chi connectivity index (χ1n) is 5.98. The summed E-state index contributed by atoms with van der Waals surface area (Å²) in [7, 11) is 0. The first-order chi connectivity index (χ1) is 9.61. The van der Waals surface area contributed by atoms with Gasteiger partial charge in [-0.25, -0.2) is 4.79 Å². The van der Waals surface area contributed by atoms with Crippen molar-refractivity contribution < 1.29 is 19.1 Å². The fourth-order valence-electron chi connectivity index (χ4n) is 1.24. The van der Waals surface area contributed by atoms with Crippen LogP contribution in [-0.2, 0) is 20.1 Å². The number of benzene rings is 1. The standard InChI is InChI=1S/C14H15NO4S/c1-2-19-13(17)9-8-12(16)15-14(18)20-10-11-6-4-3-5-7-11/h3-9H,2,10H2,1H3,(H,15,16,18)/b9-8+. The van der Waals surface area contributed by atoms with Crippen molar-refractivity contribution in [3.63, 3.8) is 0 Å². The van der Waals surface area contributed by atoms with E-state index >= 15 is 0 Å². The van der Waals surface area contributed by atoms with Crippen LogP contribution in [0.25, 0.3) is 0 Å². The molecule has 0 saturated heterocycles. The Morgan fingerprint density at radius 1 is 1.20 bits per heavy atom. The Balaban J connectivity index is 2.31. The van der Waals surface area contributed by atoms with E-state index in [2.05, 4.69) is 10.1 Å². The molecule has 0 aliphatic rings. The Morgan fingerprint density at radius 2 is 1.90 bits per heavy atom. The molecule has 0 aliphatic heterocycles. The molecular formula is C14H15NO4S. The van der Waals surface area contributed by atoms with Gasteiger partial charge >= 0.3 is 5.97 Å². The van der Waals surface area contributed by atoms with E-state index in [1.165, 1.54) is 0 Å². The number of thioether (sulfide) groups is 1. The van der Waals surface area contributed by atoms with Gasteiger partial charge in [-0.2, -0.15) is 0 Å². The van der Waals surface area contributed by atoms with Gasteiger partial charge in [-0.1, -0.05) is 42.1 Å². The van der Waals surface area contributed by atoms with Crippen LogP contribution in [0.1, 0.15) is 12.5 Å². The molecule has 0 spiro atoms. The number of ether oxygens (including phenoxy) is 1. The van der Waals surface area contributed by atoms with Crippen LogP contribution >= 0.6 is 11.8 Å². The highest BCUT2D eigenvalue weighted by Crippen LogP contribution is 2.11. The Bertz CT molecular complexity index is 499. The van der Waals surface area contributed by atoms with Crippen LogP contribution in [0.15, 0.2) is 42.5 Å². The van der Waals surface area contributed by atoms with Gasteiger partial charge in [-0.3, -0.25) is 14.9 Å². The summed E-state index contributed by atoms with van der Waals surface area (Å²) in [5.41, 5.74) is 0.988. The van der Waals surface area contributed by atoms with Gasteiger partial charge in [0.2, 0.25) is 0 Å². The van der Waals surface area contributed by atoms with Crippen molar-refractivity contribution in [3.05, 3.63) is 48.0 Å². The SMILES string of the molecule is CCOC(=O)/C=C/C(=O)NC(=O)SCc1ccccc1. The number of esters is 1. The normalized spacial score (nSPS) is 10.2. The molecule has 106 valence electrons. The van der Waals surface area contributed by atoms with E-state index in [9.17, 15) is 14.4 Å². The molecule has 0 atom stereocenters. The molecule has 0 aromatic heterocycles. The molecule has 0 unspecified atom stereocenters. The van der Waals surface area contributed by atoms with E-state index in [0.29, 0.717) is 5.75 Å². The molecule has 1 aromatic carbocycles. The molecule has 1 aromatic rings. The van der Waals surface area contributed by atoms with Gasteiger partial charge in [0.15, 0.2) is 0 Å². The number of carbonyl (C=O) groups is 3. The second kappa shape index (κ2) is 8.92. The van der Waals surface area contributed by atoms with Crippen LogP contribution in [0.2, 0.25) is 0 Å². The zero-order chi connectivity index (χ0) is 14.8. The lowest BCUT2D eigenvalue weighted by molar-refractivity contribution is -0.137. The van der Waals surface area contributed by atoms with Crippen molar-refractivity contribution in [2.24, 2.45) is 0 Å². The van der Waals surface area contributed by atoms with Crippen molar-refractivity contribution >= 4 is 28.9 Å². The largest absolute Gasteiger partial charge is 0.463 e. The Kier molecular flexibility index (Phi) is 7.13. The van der Waals surface area contributed by atoms with Crippen LogP contribution in [0, 0.1) is 0 Å². The molecule has 0 radical (unpaired) electrons. The van der Waals surface area contributed by atoms with E-state index in [1.54, 1.807) is 6.92 Å². The molecule has 2 amide bonds. The highest BCUT2D eigenvalue weighted by Gasteiger charge is 2.06. The average Bonchev–Trinajstić information content (AvgIpc) is 2.44. The smallest absolute Gasteiger partial charge is 0.330 e. The Morgan fingerprint density at radius 3 is 2.55 bits per heavy atom. The third kappa shape index (κ3) is 6.75. The van der Waals surface area contributed by atoms with Crippen molar-refractivity contribution in [1.29, 1.82) is 0 Å². The predicted octanol–water partition coefficient (Wildman–Crippen LogP) is 2.28. The second-order valence-corrected chi connectivity index (χ2v) is 4.58. The number of rotatable bonds is 5. The third-order valence-corrected chi connectivity index (χ3v) is 2.94. The topological polar surface area (TPSA) is 72.5 Å². The maximum absolute atomic E-state index is 11.5. The number of nitrogens with one attached hydrogen (secondary N) is 1. The van der Waals surface area contributed by atoms with E-state index < -0.39 is 17.1 Å². The number of carbonyl (C=O) groups excluding carboxylic acids is 3. The summed E-state index contributed by atoms with van der Waals surface area (Å²) in [6.45, 7) is 1.90. The first kappa shape index (κ1) is 16.0. The minimum Gasteiger partial charge on any atom is -0.463 e. The number of amides is 2. The predicted molar refractivity (Wildman–Crippen MR) is 77.0 cm³/mol. The lowest BCUT2D eigenvalue weighted by Gasteiger charge is -2.01. The zero-order valence-electron chi connectivity index (χ0n) is 11.0. The van der Waals surface area contributed by atoms with Crippen molar-refractivity contribution in [2.45, 2.75) is 12.7 Å². The fraction of sp³-hybridized carbons (Fsp3) is 0.214. The summed E-state index contributed by atoms with van der Waals surface area (Å²) in [5, 5.41) is 1.67. The average molecular weight is 293 g/mol. The molecule has 0 bridgehead atoms. The highest BCUT2D eigenvalue weighted by molar-refractivity contribution is 8.12. The van der Waals surface area contributed by atoms with Gasteiger partial charge in [-0.05, 0) is 12.5 Å². The molecule has 0 saturated carbocycles. The van der Waals surface area contributed by atoms with E-state index in [-0.39, 0.29) is 6.61 Å². The van der Waals surface area contributed by atoms with Crippen molar-refractivity contribution in [2.75, 3.05) is 6.61 Å². The lowest BCUT2D eigenvalue weighted by atomic mass is 10.2. The minimum atomic E-state index is -0.649. The molecule has 5 nitrogen and oxygen atoms in total. The van der Waals surface area contributed by atoms with Gasteiger partial charge in [0.05, 0.1) is 6.61 Å². The van der Waals surface area contributed by atoms with Crippen molar-refractivity contribution in [3.8, 4) is 0 Å². The molecule has 0 aliphatic carbocycles. The minimum absolute atomic E-state index is 0.233. The molecule has 0 heterocycles. The third-order valence-electron chi connectivity index (χ3n) is 2.10. The summed E-state index contributed by atoms with van der Waals surface area (Å²) in [6.07, 6.45) is 1.95.